The molecule has 6 nitrogen and oxygen atoms in total. The molecular weight excluding hydrogens is 384 g/mol. The summed E-state index contributed by atoms with van der Waals surface area (Å²) in [5.41, 5.74) is 2.51. The first kappa shape index (κ1) is 18.5. The van der Waals surface area contributed by atoms with Gasteiger partial charge in [0.2, 0.25) is 10.0 Å². The first-order valence-electron chi connectivity index (χ1n) is 9.10. The maximum atomic E-state index is 12.8. The third-order valence-corrected chi connectivity index (χ3v) is 7.82. The summed E-state index contributed by atoms with van der Waals surface area (Å²) in [7, 11) is -7.42. The number of sulfonamides is 2. The van der Waals surface area contributed by atoms with Crippen LogP contribution in [0.2, 0.25) is 0 Å². The maximum Gasteiger partial charge on any atom is 0.261 e. The molecule has 8 heteroatoms. The van der Waals surface area contributed by atoms with Crippen LogP contribution in [-0.4, -0.2) is 22.9 Å². The second kappa shape index (κ2) is 6.92. The maximum absolute atomic E-state index is 12.8. The van der Waals surface area contributed by atoms with Gasteiger partial charge in [0, 0.05) is 6.04 Å². The molecule has 4 rings (SSSR count). The van der Waals surface area contributed by atoms with E-state index in [4.69, 9.17) is 0 Å². The lowest BCUT2D eigenvalue weighted by Gasteiger charge is -2.17. The molecule has 0 heterocycles. The number of hydrogen-bond acceptors (Lipinski definition) is 4. The minimum atomic E-state index is -3.79. The minimum absolute atomic E-state index is 0.00848. The fourth-order valence-electron chi connectivity index (χ4n) is 3.31. The lowest BCUT2D eigenvalue weighted by Crippen LogP contribution is -2.25. The Labute approximate surface area is 160 Å². The smallest absolute Gasteiger partial charge is 0.261 e. The molecule has 0 atom stereocenters. The quantitative estimate of drug-likeness (QED) is 0.772. The standard InChI is InChI=1S/C19H22N2O4S2/c22-26(23,20-16-9-10-16)18-7-3-6-17(13-18)21-27(24,25)19-11-8-14-4-1-2-5-15(14)12-19/h3,6-8,11-13,16,20-21H,1-2,4-5,9-10H2. The van der Waals surface area contributed by atoms with E-state index in [1.165, 1.54) is 23.8 Å². The average molecular weight is 407 g/mol. The molecule has 27 heavy (non-hydrogen) atoms. The average Bonchev–Trinajstić information content (AvgIpc) is 3.44. The van der Waals surface area contributed by atoms with Gasteiger partial charge in [0.05, 0.1) is 15.5 Å². The largest absolute Gasteiger partial charge is 0.280 e. The molecule has 2 aliphatic carbocycles. The molecule has 2 aromatic carbocycles. The summed E-state index contributed by atoms with van der Waals surface area (Å²) in [6, 6.07) is 11.1. The second-order valence-corrected chi connectivity index (χ2v) is 10.6. The molecule has 144 valence electrons. The van der Waals surface area contributed by atoms with E-state index in [1.807, 2.05) is 6.07 Å². The van der Waals surface area contributed by atoms with Gasteiger partial charge < -0.3 is 0 Å². The fraction of sp³-hybridized carbons (Fsp3) is 0.368. The third kappa shape index (κ3) is 4.17. The van der Waals surface area contributed by atoms with Crippen LogP contribution in [0.4, 0.5) is 5.69 Å². The van der Waals surface area contributed by atoms with Crippen molar-refractivity contribution in [3.63, 3.8) is 0 Å². The van der Waals surface area contributed by atoms with Crippen molar-refractivity contribution in [3.8, 4) is 0 Å². The molecule has 0 amide bonds. The van der Waals surface area contributed by atoms with Crippen molar-refractivity contribution in [1.29, 1.82) is 0 Å². The van der Waals surface area contributed by atoms with Gasteiger partial charge in [-0.25, -0.2) is 21.6 Å². The van der Waals surface area contributed by atoms with Gasteiger partial charge in [-0.15, -0.1) is 0 Å². The summed E-state index contributed by atoms with van der Waals surface area (Å²) >= 11 is 0. The van der Waals surface area contributed by atoms with E-state index < -0.39 is 20.0 Å². The van der Waals surface area contributed by atoms with E-state index >= 15 is 0 Å². The summed E-state index contributed by atoms with van der Waals surface area (Å²) in [5, 5.41) is 0. The zero-order valence-electron chi connectivity index (χ0n) is 14.8. The van der Waals surface area contributed by atoms with Gasteiger partial charge in [-0.1, -0.05) is 12.1 Å². The summed E-state index contributed by atoms with van der Waals surface area (Å²) in [5.74, 6) is 0. The Morgan fingerprint density at radius 2 is 1.48 bits per heavy atom. The molecule has 0 aromatic heterocycles. The minimum Gasteiger partial charge on any atom is -0.280 e. The number of benzene rings is 2. The summed E-state index contributed by atoms with van der Waals surface area (Å²) in [4.78, 5) is 0.257. The van der Waals surface area contributed by atoms with Gasteiger partial charge in [0.25, 0.3) is 10.0 Å². The van der Waals surface area contributed by atoms with E-state index in [1.54, 1.807) is 18.2 Å². The molecule has 1 fully saturated rings. The molecular formula is C19H22N2O4S2. The number of fused-ring (bicyclic) bond motifs is 1. The van der Waals surface area contributed by atoms with Gasteiger partial charge in [0.1, 0.15) is 0 Å². The lowest BCUT2D eigenvalue weighted by atomic mass is 9.92. The van der Waals surface area contributed by atoms with Crippen LogP contribution < -0.4 is 9.44 Å². The topological polar surface area (TPSA) is 92.3 Å². The highest BCUT2D eigenvalue weighted by Crippen LogP contribution is 2.26. The molecule has 0 saturated heterocycles. The molecule has 2 N–H and O–H groups in total. The van der Waals surface area contributed by atoms with E-state index in [0.717, 1.165) is 44.1 Å². The summed E-state index contributed by atoms with van der Waals surface area (Å²) < 4.78 is 55.3. The fourth-order valence-corrected chi connectivity index (χ4v) is 5.76. The first-order valence-corrected chi connectivity index (χ1v) is 12.1. The van der Waals surface area contributed by atoms with E-state index in [2.05, 4.69) is 9.44 Å². The first-order chi connectivity index (χ1) is 12.8. The lowest BCUT2D eigenvalue weighted by molar-refractivity contribution is 0.581. The van der Waals surface area contributed by atoms with Crippen LogP contribution in [0, 0.1) is 0 Å². The highest BCUT2D eigenvalue weighted by Gasteiger charge is 2.28. The van der Waals surface area contributed by atoms with Crippen molar-refractivity contribution in [2.45, 2.75) is 54.4 Å². The molecule has 0 radical (unpaired) electrons. The molecule has 2 aromatic rings. The van der Waals surface area contributed by atoms with Gasteiger partial charge in [-0.2, -0.15) is 0 Å². The molecule has 2 aliphatic rings. The Morgan fingerprint density at radius 3 is 2.22 bits per heavy atom. The van der Waals surface area contributed by atoms with Crippen LogP contribution in [0.1, 0.15) is 36.8 Å². The Balaban J connectivity index is 1.58. The zero-order valence-corrected chi connectivity index (χ0v) is 16.4. The van der Waals surface area contributed by atoms with E-state index in [0.29, 0.717) is 0 Å². The van der Waals surface area contributed by atoms with Crippen molar-refractivity contribution in [2.24, 2.45) is 0 Å². The normalized spacial score (nSPS) is 17.3. The van der Waals surface area contributed by atoms with E-state index in [-0.39, 0.29) is 21.5 Å². The Hall–Kier alpha value is -1.90. The van der Waals surface area contributed by atoms with Crippen LogP contribution in [0.15, 0.2) is 52.3 Å². The Kier molecular flexibility index (Phi) is 4.73. The monoisotopic (exact) mass is 406 g/mol. The summed E-state index contributed by atoms with van der Waals surface area (Å²) in [6.45, 7) is 0. The third-order valence-electron chi connectivity index (χ3n) is 4.93. The zero-order chi connectivity index (χ0) is 19.1. The van der Waals surface area contributed by atoms with Gasteiger partial charge in [0.15, 0.2) is 0 Å². The Morgan fingerprint density at radius 1 is 0.778 bits per heavy atom. The molecule has 1 saturated carbocycles. The van der Waals surface area contributed by atoms with Gasteiger partial charge in [-0.3, -0.25) is 4.72 Å². The number of anilines is 1. The highest BCUT2D eigenvalue weighted by molar-refractivity contribution is 7.92. The van der Waals surface area contributed by atoms with E-state index in [9.17, 15) is 16.8 Å². The molecule has 0 bridgehead atoms. The molecule has 0 aliphatic heterocycles. The van der Waals surface area contributed by atoms with Crippen LogP contribution >= 0.6 is 0 Å². The SMILES string of the molecule is O=S(=O)(Nc1cccc(S(=O)(=O)NC2CC2)c1)c1ccc2c(c1)CCCC2. The van der Waals surface area contributed by atoms with Crippen molar-refractivity contribution < 1.29 is 16.8 Å². The van der Waals surface area contributed by atoms with Crippen molar-refractivity contribution in [2.75, 3.05) is 4.72 Å². The van der Waals surface area contributed by atoms with Crippen molar-refractivity contribution in [3.05, 3.63) is 53.6 Å². The van der Waals surface area contributed by atoms with Crippen LogP contribution in [-0.2, 0) is 32.9 Å². The highest BCUT2D eigenvalue weighted by atomic mass is 32.2. The number of rotatable bonds is 6. The second-order valence-electron chi connectivity index (χ2n) is 7.17. The van der Waals surface area contributed by atoms with Crippen molar-refractivity contribution >= 4 is 25.7 Å². The van der Waals surface area contributed by atoms with Gasteiger partial charge in [-0.05, 0) is 80.0 Å². The number of nitrogens with one attached hydrogen (secondary N) is 2. The predicted octanol–water partition coefficient (Wildman–Crippen LogP) is 2.81. The molecule has 0 spiro atoms. The number of hydrogen-bond donors (Lipinski definition) is 2. The number of aryl methyl sites for hydroxylation is 2. The van der Waals surface area contributed by atoms with Crippen LogP contribution in [0.25, 0.3) is 0 Å². The van der Waals surface area contributed by atoms with Gasteiger partial charge >= 0.3 is 0 Å². The van der Waals surface area contributed by atoms with Crippen LogP contribution in [0.5, 0.6) is 0 Å². The Bertz CT molecular complexity index is 1070. The van der Waals surface area contributed by atoms with Crippen molar-refractivity contribution in [1.82, 2.24) is 4.72 Å². The van der Waals surface area contributed by atoms with Crippen LogP contribution in [0.3, 0.4) is 0 Å². The molecule has 0 unspecified atom stereocenters. The summed E-state index contributed by atoms with van der Waals surface area (Å²) in [6.07, 6.45) is 5.75. The predicted molar refractivity (Wildman–Crippen MR) is 104 cm³/mol.